The first kappa shape index (κ1) is 18.8. The van der Waals surface area contributed by atoms with Crippen molar-refractivity contribution in [3.8, 4) is 5.75 Å². The Morgan fingerprint density at radius 3 is 2.56 bits per heavy atom. The number of hydrogen-bond acceptors (Lipinski definition) is 6. The van der Waals surface area contributed by atoms with Crippen molar-refractivity contribution in [3.05, 3.63) is 64.2 Å². The molecule has 0 bridgehead atoms. The lowest BCUT2D eigenvalue weighted by Crippen LogP contribution is -2.41. The van der Waals surface area contributed by atoms with E-state index in [-0.39, 0.29) is 16.6 Å². The zero-order valence-corrected chi connectivity index (χ0v) is 15.3. The molecule has 0 radical (unpaired) electrons. The number of sulfone groups is 1. The number of nitrogens with one attached hydrogen (secondary N) is 1. The molecule has 1 N–H and O–H groups in total. The fourth-order valence-electron chi connectivity index (χ4n) is 2.88. The smallest absolute Gasteiger partial charge is 0.269 e. The number of hydrogen-bond donors (Lipinski definition) is 1. The van der Waals surface area contributed by atoms with E-state index >= 15 is 0 Å². The average molecular weight is 390 g/mol. The SMILES string of the molecule is C[C@H](C(=O)N[C@H]1CCOc2ccccc21)S(=O)(=O)c1ccc([N+](=O)[O-])cc1. The second kappa shape index (κ2) is 7.36. The van der Waals surface area contributed by atoms with Crippen LogP contribution >= 0.6 is 0 Å². The zero-order valence-electron chi connectivity index (χ0n) is 14.5. The summed E-state index contributed by atoms with van der Waals surface area (Å²) >= 11 is 0. The average Bonchev–Trinajstić information content (AvgIpc) is 2.67. The molecule has 2 atom stereocenters. The number of non-ortho nitro benzene ring substituents is 1. The van der Waals surface area contributed by atoms with Gasteiger partial charge in [-0.25, -0.2) is 8.42 Å². The first-order valence-electron chi connectivity index (χ1n) is 8.31. The third-order valence-electron chi connectivity index (χ3n) is 4.49. The summed E-state index contributed by atoms with van der Waals surface area (Å²) in [6.45, 7) is 1.72. The van der Waals surface area contributed by atoms with Crippen LogP contribution in [0.5, 0.6) is 5.75 Å². The molecule has 1 aliphatic heterocycles. The van der Waals surface area contributed by atoms with Crippen molar-refractivity contribution in [2.45, 2.75) is 29.5 Å². The van der Waals surface area contributed by atoms with E-state index in [1.807, 2.05) is 18.2 Å². The molecule has 0 saturated carbocycles. The van der Waals surface area contributed by atoms with Crippen LogP contribution in [-0.4, -0.2) is 31.1 Å². The summed E-state index contributed by atoms with van der Waals surface area (Å²) in [5, 5.41) is 12.1. The third-order valence-corrected chi connectivity index (χ3v) is 6.56. The van der Waals surface area contributed by atoms with E-state index < -0.39 is 25.9 Å². The Kier molecular flexibility index (Phi) is 5.13. The van der Waals surface area contributed by atoms with Crippen LogP contribution < -0.4 is 10.1 Å². The zero-order chi connectivity index (χ0) is 19.6. The molecule has 0 aromatic heterocycles. The van der Waals surface area contributed by atoms with Crippen molar-refractivity contribution < 1.29 is 22.9 Å². The molecule has 2 aromatic carbocycles. The Morgan fingerprint density at radius 2 is 1.89 bits per heavy atom. The molecule has 1 amide bonds. The van der Waals surface area contributed by atoms with E-state index in [1.165, 1.54) is 6.92 Å². The highest BCUT2D eigenvalue weighted by Crippen LogP contribution is 2.32. The first-order valence-corrected chi connectivity index (χ1v) is 9.86. The van der Waals surface area contributed by atoms with Crippen LogP contribution in [0.15, 0.2) is 53.4 Å². The summed E-state index contributed by atoms with van der Waals surface area (Å²) < 4.78 is 30.9. The number of carbonyl (C=O) groups is 1. The van der Waals surface area contributed by atoms with Crippen molar-refractivity contribution in [2.75, 3.05) is 6.61 Å². The van der Waals surface area contributed by atoms with E-state index in [9.17, 15) is 23.3 Å². The summed E-state index contributed by atoms with van der Waals surface area (Å²) in [6.07, 6.45) is 0.535. The fourth-order valence-corrected chi connectivity index (χ4v) is 4.16. The minimum atomic E-state index is -3.97. The number of carbonyl (C=O) groups excluding carboxylic acids is 1. The van der Waals surface area contributed by atoms with Gasteiger partial charge in [0.25, 0.3) is 5.69 Å². The van der Waals surface area contributed by atoms with E-state index in [0.717, 1.165) is 29.8 Å². The van der Waals surface area contributed by atoms with Crippen molar-refractivity contribution >= 4 is 21.4 Å². The van der Waals surface area contributed by atoms with Crippen LogP contribution in [0.1, 0.15) is 24.9 Å². The summed E-state index contributed by atoms with van der Waals surface area (Å²) in [7, 11) is -3.97. The van der Waals surface area contributed by atoms with Crippen molar-refractivity contribution in [3.63, 3.8) is 0 Å². The highest BCUT2D eigenvalue weighted by Gasteiger charge is 2.32. The van der Waals surface area contributed by atoms with Gasteiger partial charge in [0.15, 0.2) is 9.84 Å². The van der Waals surface area contributed by atoms with Crippen LogP contribution in [0.3, 0.4) is 0 Å². The van der Waals surface area contributed by atoms with Crippen LogP contribution in [0.4, 0.5) is 5.69 Å². The van der Waals surface area contributed by atoms with E-state index in [0.29, 0.717) is 18.8 Å². The molecule has 0 spiro atoms. The topological polar surface area (TPSA) is 116 Å². The molecule has 142 valence electrons. The number of ether oxygens (including phenoxy) is 1. The molecule has 0 unspecified atom stereocenters. The number of nitro benzene ring substituents is 1. The first-order chi connectivity index (χ1) is 12.8. The molecule has 0 fully saturated rings. The highest BCUT2D eigenvalue weighted by atomic mass is 32.2. The lowest BCUT2D eigenvalue weighted by atomic mass is 10.0. The van der Waals surface area contributed by atoms with Crippen molar-refractivity contribution in [1.29, 1.82) is 0 Å². The summed E-state index contributed by atoms with van der Waals surface area (Å²) in [5.74, 6) is 0.0370. The Morgan fingerprint density at radius 1 is 1.22 bits per heavy atom. The van der Waals surface area contributed by atoms with E-state index in [4.69, 9.17) is 4.74 Å². The number of amides is 1. The Labute approximate surface area is 156 Å². The van der Waals surface area contributed by atoms with Crippen molar-refractivity contribution in [2.24, 2.45) is 0 Å². The Hall–Kier alpha value is -2.94. The number of para-hydroxylation sites is 1. The number of fused-ring (bicyclic) bond motifs is 1. The summed E-state index contributed by atoms with van der Waals surface area (Å²) in [4.78, 5) is 22.5. The monoisotopic (exact) mass is 390 g/mol. The molecule has 1 aliphatic rings. The largest absolute Gasteiger partial charge is 0.493 e. The molecule has 0 saturated heterocycles. The second-order valence-corrected chi connectivity index (χ2v) is 8.44. The standard InChI is InChI=1S/C18H18N2O6S/c1-12(27(24,25)14-8-6-13(7-9-14)20(22)23)18(21)19-16-10-11-26-17-5-3-2-4-15(16)17/h2-9,12,16H,10-11H2,1H3,(H,19,21)/t12-,16+/m1/s1. The van der Waals surface area contributed by atoms with Gasteiger partial charge in [0.1, 0.15) is 11.0 Å². The van der Waals surface area contributed by atoms with Crippen LogP contribution in [0.2, 0.25) is 0 Å². The number of rotatable bonds is 5. The predicted octanol–water partition coefficient (Wildman–Crippen LogP) is 2.40. The number of nitro groups is 1. The van der Waals surface area contributed by atoms with Gasteiger partial charge in [-0.2, -0.15) is 0 Å². The lowest BCUT2D eigenvalue weighted by molar-refractivity contribution is -0.384. The molecule has 0 aliphatic carbocycles. The van der Waals surface area contributed by atoms with Crippen molar-refractivity contribution in [1.82, 2.24) is 5.32 Å². The van der Waals surface area contributed by atoms with Crippen LogP contribution in [0.25, 0.3) is 0 Å². The van der Waals surface area contributed by atoms with Gasteiger partial charge in [-0.05, 0) is 25.1 Å². The Bertz CT molecular complexity index is 972. The minimum absolute atomic E-state index is 0.136. The van der Waals surface area contributed by atoms with Gasteiger partial charge in [-0.15, -0.1) is 0 Å². The van der Waals surface area contributed by atoms with Gasteiger partial charge in [-0.3, -0.25) is 14.9 Å². The van der Waals surface area contributed by atoms with Gasteiger partial charge < -0.3 is 10.1 Å². The Balaban J connectivity index is 1.78. The molecular weight excluding hydrogens is 372 g/mol. The number of benzene rings is 2. The van der Waals surface area contributed by atoms with Gasteiger partial charge >= 0.3 is 0 Å². The van der Waals surface area contributed by atoms with E-state index in [2.05, 4.69) is 5.32 Å². The van der Waals surface area contributed by atoms with Gasteiger partial charge in [0.2, 0.25) is 5.91 Å². The highest BCUT2D eigenvalue weighted by molar-refractivity contribution is 7.92. The summed E-state index contributed by atoms with van der Waals surface area (Å²) in [5.41, 5.74) is 0.585. The van der Waals surface area contributed by atoms with Gasteiger partial charge in [0.05, 0.1) is 22.5 Å². The minimum Gasteiger partial charge on any atom is -0.493 e. The van der Waals surface area contributed by atoms with Crippen LogP contribution in [0, 0.1) is 10.1 Å². The maximum atomic E-state index is 12.7. The molecule has 2 aromatic rings. The quantitative estimate of drug-likeness (QED) is 0.619. The van der Waals surface area contributed by atoms with Crippen LogP contribution in [-0.2, 0) is 14.6 Å². The maximum absolute atomic E-state index is 12.7. The molecule has 8 nitrogen and oxygen atoms in total. The maximum Gasteiger partial charge on any atom is 0.269 e. The molecule has 27 heavy (non-hydrogen) atoms. The van der Waals surface area contributed by atoms with E-state index in [1.54, 1.807) is 6.07 Å². The fraction of sp³-hybridized carbons (Fsp3) is 0.278. The number of nitrogens with zero attached hydrogens (tertiary/aromatic N) is 1. The lowest BCUT2D eigenvalue weighted by Gasteiger charge is -2.27. The van der Waals surface area contributed by atoms with Gasteiger partial charge in [0, 0.05) is 24.1 Å². The molecule has 9 heteroatoms. The van der Waals surface area contributed by atoms with Gasteiger partial charge in [-0.1, -0.05) is 18.2 Å². The molecule has 1 heterocycles. The normalized spacial score (nSPS) is 17.3. The second-order valence-electron chi connectivity index (χ2n) is 6.17. The molecular formula is C18H18N2O6S. The molecule has 3 rings (SSSR count). The third kappa shape index (κ3) is 3.77. The summed E-state index contributed by atoms with van der Waals surface area (Å²) in [6, 6.07) is 11.4. The predicted molar refractivity (Wildman–Crippen MR) is 97.2 cm³/mol.